The third-order valence-electron chi connectivity index (χ3n) is 9.92. The number of allylic oxidation sites excluding steroid dienone is 6. The van der Waals surface area contributed by atoms with Gasteiger partial charge in [0.25, 0.3) is 0 Å². The number of rotatable bonds is 42. The van der Waals surface area contributed by atoms with Crippen LogP contribution in [0.25, 0.3) is 0 Å². The molecule has 0 amide bonds. The standard InChI is InChI=1S/C47H88O4/c1-3-5-7-9-11-13-15-17-18-19-20-21-22-23-24-25-26-27-28-29-31-33-35-37-39-41-43-50-45-46(44-48)51-47(49)42-40-38-36-34-32-30-16-14-12-10-8-6-4-2/h8,10,14,16,19-20,46,48H,3-7,9,11-13,15,17-18,21-45H2,1-2H3/b10-8-,16-14-,20-19-. The Bertz CT molecular complexity index is 757. The van der Waals surface area contributed by atoms with Crippen molar-refractivity contribution >= 4 is 5.97 Å². The summed E-state index contributed by atoms with van der Waals surface area (Å²) in [5, 5.41) is 9.59. The summed E-state index contributed by atoms with van der Waals surface area (Å²) in [4.78, 5) is 12.2. The summed E-state index contributed by atoms with van der Waals surface area (Å²) < 4.78 is 11.2. The molecule has 300 valence electrons. The predicted octanol–water partition coefficient (Wildman–Crippen LogP) is 14.9. The number of hydrogen-bond donors (Lipinski definition) is 1. The molecule has 4 heteroatoms. The van der Waals surface area contributed by atoms with Crippen molar-refractivity contribution in [2.45, 2.75) is 238 Å². The topological polar surface area (TPSA) is 55.8 Å². The summed E-state index contributed by atoms with van der Waals surface area (Å²) in [5.41, 5.74) is 0. The van der Waals surface area contributed by atoms with Crippen molar-refractivity contribution in [3.63, 3.8) is 0 Å². The smallest absolute Gasteiger partial charge is 0.306 e. The summed E-state index contributed by atoms with van der Waals surface area (Å²) in [6.07, 6.45) is 56.5. The number of aliphatic hydroxyl groups excluding tert-OH is 1. The van der Waals surface area contributed by atoms with E-state index in [0.717, 1.165) is 38.5 Å². The van der Waals surface area contributed by atoms with Crippen LogP contribution in [0.4, 0.5) is 0 Å². The maximum absolute atomic E-state index is 12.2. The number of unbranched alkanes of at least 4 members (excludes halogenated alkanes) is 28. The number of aliphatic hydroxyl groups is 1. The fourth-order valence-corrected chi connectivity index (χ4v) is 6.54. The van der Waals surface area contributed by atoms with Crippen LogP contribution in [0.1, 0.15) is 232 Å². The van der Waals surface area contributed by atoms with Gasteiger partial charge >= 0.3 is 5.97 Å². The minimum atomic E-state index is -0.539. The van der Waals surface area contributed by atoms with Gasteiger partial charge in [0.1, 0.15) is 6.10 Å². The molecule has 1 N–H and O–H groups in total. The van der Waals surface area contributed by atoms with Crippen LogP contribution in [0.3, 0.4) is 0 Å². The van der Waals surface area contributed by atoms with Gasteiger partial charge in [0.05, 0.1) is 13.2 Å². The highest BCUT2D eigenvalue weighted by Crippen LogP contribution is 2.15. The summed E-state index contributed by atoms with van der Waals surface area (Å²) in [5.74, 6) is -0.213. The molecule has 51 heavy (non-hydrogen) atoms. The Morgan fingerprint density at radius 1 is 0.471 bits per heavy atom. The highest BCUT2D eigenvalue weighted by Gasteiger charge is 2.13. The molecule has 0 aromatic rings. The molecule has 0 aromatic carbocycles. The van der Waals surface area contributed by atoms with Crippen molar-refractivity contribution in [2.24, 2.45) is 0 Å². The Morgan fingerprint density at radius 3 is 1.31 bits per heavy atom. The van der Waals surface area contributed by atoms with Gasteiger partial charge < -0.3 is 14.6 Å². The summed E-state index contributed by atoms with van der Waals surface area (Å²) >= 11 is 0. The van der Waals surface area contributed by atoms with Gasteiger partial charge in [-0.25, -0.2) is 0 Å². The molecule has 0 spiro atoms. The first kappa shape index (κ1) is 49.6. The van der Waals surface area contributed by atoms with E-state index in [0.29, 0.717) is 19.6 Å². The molecule has 0 aliphatic heterocycles. The van der Waals surface area contributed by atoms with Crippen LogP contribution in [0.2, 0.25) is 0 Å². The molecule has 0 saturated heterocycles. The first-order valence-electron chi connectivity index (χ1n) is 22.6. The second-order valence-electron chi connectivity index (χ2n) is 15.1. The van der Waals surface area contributed by atoms with Crippen LogP contribution in [-0.2, 0) is 14.3 Å². The highest BCUT2D eigenvalue weighted by molar-refractivity contribution is 5.69. The quantitative estimate of drug-likeness (QED) is 0.0388. The Morgan fingerprint density at radius 2 is 0.863 bits per heavy atom. The second kappa shape index (κ2) is 44.8. The lowest BCUT2D eigenvalue weighted by Crippen LogP contribution is -2.27. The SMILES string of the molecule is CCC/C=C\C/C=C\CCCCCCCC(=O)OC(CO)COCCCCCCCCCCCCCCCC/C=C\CCCCCCCCCC. The lowest BCUT2D eigenvalue weighted by atomic mass is 10.0. The lowest BCUT2D eigenvalue weighted by Gasteiger charge is -2.15. The lowest BCUT2D eigenvalue weighted by molar-refractivity contribution is -0.154. The third kappa shape index (κ3) is 42.9. The molecular formula is C47H88O4. The zero-order chi connectivity index (χ0) is 37.0. The van der Waals surface area contributed by atoms with Crippen molar-refractivity contribution in [2.75, 3.05) is 19.8 Å². The van der Waals surface area contributed by atoms with Crippen molar-refractivity contribution in [3.05, 3.63) is 36.5 Å². The number of carbonyl (C=O) groups is 1. The summed E-state index contributed by atoms with van der Waals surface area (Å²) in [6, 6.07) is 0. The number of carbonyl (C=O) groups excluding carboxylic acids is 1. The Kier molecular flexibility index (Phi) is 43.5. The molecule has 0 fully saturated rings. The molecule has 0 aromatic heterocycles. The van der Waals surface area contributed by atoms with Crippen molar-refractivity contribution in [3.8, 4) is 0 Å². The van der Waals surface area contributed by atoms with Crippen LogP contribution >= 0.6 is 0 Å². The van der Waals surface area contributed by atoms with Gasteiger partial charge in [0, 0.05) is 13.0 Å². The van der Waals surface area contributed by atoms with Crippen LogP contribution < -0.4 is 0 Å². The Balaban J connectivity index is 3.37. The van der Waals surface area contributed by atoms with E-state index in [1.807, 2.05) is 0 Å². The van der Waals surface area contributed by atoms with E-state index in [1.54, 1.807) is 0 Å². The normalized spacial score (nSPS) is 12.6. The van der Waals surface area contributed by atoms with Gasteiger partial charge in [-0.1, -0.05) is 198 Å². The van der Waals surface area contributed by atoms with E-state index >= 15 is 0 Å². The fraction of sp³-hybridized carbons (Fsp3) is 0.851. The zero-order valence-electron chi connectivity index (χ0n) is 34.4. The second-order valence-corrected chi connectivity index (χ2v) is 15.1. The number of ether oxygens (including phenoxy) is 2. The molecule has 0 aliphatic carbocycles. The number of hydrogen-bond acceptors (Lipinski definition) is 4. The van der Waals surface area contributed by atoms with E-state index in [1.165, 1.54) is 173 Å². The van der Waals surface area contributed by atoms with Crippen LogP contribution in [0.5, 0.6) is 0 Å². The number of esters is 1. The average Bonchev–Trinajstić information content (AvgIpc) is 3.14. The van der Waals surface area contributed by atoms with Gasteiger partial charge in [-0.2, -0.15) is 0 Å². The first-order valence-corrected chi connectivity index (χ1v) is 22.6. The first-order chi connectivity index (χ1) is 25.2. The maximum atomic E-state index is 12.2. The van der Waals surface area contributed by atoms with Gasteiger partial charge in [-0.15, -0.1) is 0 Å². The molecule has 4 nitrogen and oxygen atoms in total. The molecule has 0 rings (SSSR count). The molecule has 0 aliphatic rings. The average molecular weight is 717 g/mol. The fourth-order valence-electron chi connectivity index (χ4n) is 6.54. The monoisotopic (exact) mass is 717 g/mol. The predicted molar refractivity (Wildman–Crippen MR) is 224 cm³/mol. The largest absolute Gasteiger partial charge is 0.457 e. The minimum absolute atomic E-state index is 0.176. The van der Waals surface area contributed by atoms with Crippen molar-refractivity contribution in [1.82, 2.24) is 0 Å². The highest BCUT2D eigenvalue weighted by atomic mass is 16.6. The van der Waals surface area contributed by atoms with Crippen molar-refractivity contribution < 1.29 is 19.4 Å². The van der Waals surface area contributed by atoms with Crippen molar-refractivity contribution in [1.29, 1.82) is 0 Å². The van der Waals surface area contributed by atoms with E-state index in [-0.39, 0.29) is 12.6 Å². The summed E-state index contributed by atoms with van der Waals surface area (Å²) in [7, 11) is 0. The van der Waals surface area contributed by atoms with Gasteiger partial charge in [-0.3, -0.25) is 4.79 Å². The molecule has 0 heterocycles. The van der Waals surface area contributed by atoms with E-state index in [4.69, 9.17) is 9.47 Å². The van der Waals surface area contributed by atoms with Crippen LogP contribution in [0, 0.1) is 0 Å². The minimum Gasteiger partial charge on any atom is -0.457 e. The van der Waals surface area contributed by atoms with Gasteiger partial charge in [-0.05, 0) is 64.2 Å². The third-order valence-corrected chi connectivity index (χ3v) is 9.92. The molecule has 1 unspecified atom stereocenters. The zero-order valence-corrected chi connectivity index (χ0v) is 34.4. The molecule has 1 atom stereocenters. The van der Waals surface area contributed by atoms with Gasteiger partial charge in [0.2, 0.25) is 0 Å². The molecule has 0 radical (unpaired) electrons. The molecular weight excluding hydrogens is 629 g/mol. The van der Waals surface area contributed by atoms with Crippen LogP contribution in [-0.4, -0.2) is 37.0 Å². The van der Waals surface area contributed by atoms with Crippen LogP contribution in [0.15, 0.2) is 36.5 Å². The Hall–Kier alpha value is -1.39. The van der Waals surface area contributed by atoms with Gasteiger partial charge in [0.15, 0.2) is 0 Å². The molecule has 0 saturated carbocycles. The van der Waals surface area contributed by atoms with E-state index in [9.17, 15) is 9.90 Å². The van der Waals surface area contributed by atoms with E-state index in [2.05, 4.69) is 50.3 Å². The summed E-state index contributed by atoms with van der Waals surface area (Å²) in [6.45, 7) is 5.29. The maximum Gasteiger partial charge on any atom is 0.306 e. The molecule has 0 bridgehead atoms. The Labute approximate surface area is 319 Å². The van der Waals surface area contributed by atoms with E-state index < -0.39 is 6.10 Å².